The molecule has 2 aromatic carbocycles. The summed E-state index contributed by atoms with van der Waals surface area (Å²) in [5.74, 6) is 1.10. The lowest BCUT2D eigenvalue weighted by Crippen LogP contribution is -2.38. The second-order valence-electron chi connectivity index (χ2n) is 8.71. The molecule has 184 valence electrons. The number of piperidine rings is 1. The molecule has 3 aromatic rings. The summed E-state index contributed by atoms with van der Waals surface area (Å²) in [5.41, 5.74) is 2.79. The topological polar surface area (TPSA) is 93.6 Å². The van der Waals surface area contributed by atoms with Gasteiger partial charge in [0.15, 0.2) is 0 Å². The molecule has 0 spiro atoms. The number of ether oxygens (including phenoxy) is 2. The maximum Gasteiger partial charge on any atom is 0.290 e. The van der Waals surface area contributed by atoms with Gasteiger partial charge in [-0.1, -0.05) is 42.5 Å². The van der Waals surface area contributed by atoms with E-state index in [1.165, 1.54) is 11.9 Å². The molecule has 0 bridgehead atoms. The number of nitrogens with zero attached hydrogens (tertiary/aromatic N) is 3. The molecule has 3 heterocycles. The Balaban J connectivity index is 1.21. The number of benzene rings is 2. The van der Waals surface area contributed by atoms with Crippen molar-refractivity contribution in [3.05, 3.63) is 82.5 Å². The molecule has 8 nitrogen and oxygen atoms in total. The quantitative estimate of drug-likeness (QED) is 0.454. The zero-order valence-electron chi connectivity index (χ0n) is 19.8. The van der Waals surface area contributed by atoms with Crippen molar-refractivity contribution in [2.75, 3.05) is 13.1 Å². The Morgan fingerprint density at radius 1 is 1.06 bits per heavy atom. The van der Waals surface area contributed by atoms with Gasteiger partial charge in [0.2, 0.25) is 11.8 Å². The highest BCUT2D eigenvalue weighted by Gasteiger charge is 2.25. The third kappa shape index (κ3) is 5.92. The van der Waals surface area contributed by atoms with Crippen molar-refractivity contribution in [3.8, 4) is 17.5 Å². The van der Waals surface area contributed by atoms with E-state index in [0.29, 0.717) is 22.4 Å². The highest BCUT2D eigenvalue weighted by Crippen LogP contribution is 2.31. The molecule has 2 fully saturated rings. The van der Waals surface area contributed by atoms with Gasteiger partial charge in [0.1, 0.15) is 18.2 Å². The van der Waals surface area contributed by atoms with E-state index in [9.17, 15) is 9.59 Å². The van der Waals surface area contributed by atoms with Crippen LogP contribution in [0, 0.1) is 6.92 Å². The van der Waals surface area contributed by atoms with Gasteiger partial charge in [0, 0.05) is 19.6 Å². The predicted molar refractivity (Wildman–Crippen MR) is 138 cm³/mol. The minimum atomic E-state index is -0.393. The summed E-state index contributed by atoms with van der Waals surface area (Å²) in [6.45, 7) is 4.77. The molecule has 0 unspecified atom stereocenters. The average molecular weight is 503 g/mol. The number of aromatic nitrogens is 2. The molecule has 36 heavy (non-hydrogen) atoms. The summed E-state index contributed by atoms with van der Waals surface area (Å²) in [7, 11) is 0. The van der Waals surface area contributed by atoms with Crippen LogP contribution in [0.15, 0.2) is 65.8 Å². The summed E-state index contributed by atoms with van der Waals surface area (Å²) in [6, 6.07) is 17.8. The fourth-order valence-corrected chi connectivity index (χ4v) is 4.86. The van der Waals surface area contributed by atoms with Crippen molar-refractivity contribution in [3.63, 3.8) is 0 Å². The number of hydrogen-bond donors (Lipinski definition) is 1. The first-order valence-electron chi connectivity index (χ1n) is 11.8. The minimum absolute atomic E-state index is 0.0891. The van der Waals surface area contributed by atoms with Crippen LogP contribution in [0.3, 0.4) is 0 Å². The number of rotatable bonds is 7. The van der Waals surface area contributed by atoms with Crippen molar-refractivity contribution in [2.24, 2.45) is 0 Å². The number of amides is 2. The van der Waals surface area contributed by atoms with Crippen molar-refractivity contribution in [2.45, 2.75) is 32.4 Å². The first-order chi connectivity index (χ1) is 17.5. The van der Waals surface area contributed by atoms with E-state index in [0.717, 1.165) is 55.4 Å². The summed E-state index contributed by atoms with van der Waals surface area (Å²) >= 11 is 0.880. The molecule has 5 rings (SSSR count). The maximum atomic E-state index is 11.8. The van der Waals surface area contributed by atoms with E-state index in [-0.39, 0.29) is 11.3 Å². The lowest BCUT2D eigenvalue weighted by molar-refractivity contribution is -0.115. The van der Waals surface area contributed by atoms with Crippen LogP contribution in [0.4, 0.5) is 4.79 Å². The number of carbonyl (C=O) groups is 2. The lowest BCUT2D eigenvalue weighted by atomic mass is 10.1. The molecule has 1 N–H and O–H groups in total. The number of likely N-dealkylation sites (tertiary alicyclic amines) is 1. The van der Waals surface area contributed by atoms with Gasteiger partial charge in [-0.15, -0.1) is 0 Å². The molecule has 0 aliphatic carbocycles. The second kappa shape index (κ2) is 10.9. The molecule has 2 aliphatic heterocycles. The Morgan fingerprint density at radius 3 is 2.58 bits per heavy atom. The molecule has 2 aliphatic rings. The van der Waals surface area contributed by atoms with Crippen LogP contribution in [-0.4, -0.2) is 45.2 Å². The van der Waals surface area contributed by atoms with Crippen LogP contribution in [0.5, 0.6) is 17.5 Å². The van der Waals surface area contributed by atoms with Crippen LogP contribution < -0.4 is 14.8 Å². The fraction of sp³-hybridized carbons (Fsp3) is 0.259. The van der Waals surface area contributed by atoms with E-state index >= 15 is 0 Å². The SMILES string of the molecule is Cc1c(Oc2cccc(C=C3SC(=O)NC3=O)c2)ncnc1OC1CCN(Cc2ccccc2)CC1. The second-order valence-corrected chi connectivity index (χ2v) is 9.73. The highest BCUT2D eigenvalue weighted by molar-refractivity contribution is 8.18. The van der Waals surface area contributed by atoms with E-state index in [1.807, 2.05) is 25.1 Å². The number of hydrogen-bond acceptors (Lipinski definition) is 8. The minimum Gasteiger partial charge on any atom is -0.474 e. The molecule has 2 amide bonds. The van der Waals surface area contributed by atoms with E-state index in [2.05, 4.69) is 44.5 Å². The Bertz CT molecular complexity index is 1290. The van der Waals surface area contributed by atoms with Crippen LogP contribution in [0.25, 0.3) is 6.08 Å². The van der Waals surface area contributed by atoms with Gasteiger partial charge in [0.05, 0.1) is 10.5 Å². The van der Waals surface area contributed by atoms with Crippen molar-refractivity contribution in [1.29, 1.82) is 0 Å². The van der Waals surface area contributed by atoms with E-state index in [4.69, 9.17) is 9.47 Å². The number of imide groups is 1. The van der Waals surface area contributed by atoms with Crippen LogP contribution >= 0.6 is 11.8 Å². The standard InChI is InChI=1S/C27H26N4O4S/c1-18-25(34-21-10-12-31(13-11-21)16-19-6-3-2-4-7-19)28-17-29-26(18)35-22-9-5-8-20(14-22)15-23-24(32)30-27(33)36-23/h2-9,14-15,17,21H,10-13,16H2,1H3,(H,30,32,33). The van der Waals surface area contributed by atoms with Gasteiger partial charge < -0.3 is 9.47 Å². The number of nitrogens with one attached hydrogen (secondary N) is 1. The smallest absolute Gasteiger partial charge is 0.290 e. The largest absolute Gasteiger partial charge is 0.474 e. The first kappa shape index (κ1) is 24.0. The van der Waals surface area contributed by atoms with Gasteiger partial charge >= 0.3 is 0 Å². The third-order valence-corrected chi connectivity index (χ3v) is 6.88. The lowest BCUT2D eigenvalue weighted by Gasteiger charge is -2.32. The summed E-state index contributed by atoms with van der Waals surface area (Å²) < 4.78 is 12.3. The highest BCUT2D eigenvalue weighted by atomic mass is 32.2. The van der Waals surface area contributed by atoms with Crippen molar-refractivity contribution < 1.29 is 19.1 Å². The Morgan fingerprint density at radius 2 is 1.83 bits per heavy atom. The Labute approximate surface area is 213 Å². The van der Waals surface area contributed by atoms with Crippen LogP contribution in [0.2, 0.25) is 0 Å². The molecule has 1 aromatic heterocycles. The molecular formula is C27H26N4O4S. The van der Waals surface area contributed by atoms with Gasteiger partial charge in [-0.05, 0) is 60.9 Å². The summed E-state index contributed by atoms with van der Waals surface area (Å²) in [4.78, 5) is 34.7. The van der Waals surface area contributed by atoms with Gasteiger partial charge in [-0.2, -0.15) is 0 Å². The average Bonchev–Trinajstić information content (AvgIpc) is 3.20. The summed E-state index contributed by atoms with van der Waals surface area (Å²) in [6.07, 6.45) is 5.04. The van der Waals surface area contributed by atoms with Crippen LogP contribution in [0.1, 0.15) is 29.5 Å². The van der Waals surface area contributed by atoms with Crippen molar-refractivity contribution in [1.82, 2.24) is 20.2 Å². The summed E-state index contributed by atoms with van der Waals surface area (Å²) in [5, 5.41) is 1.88. The maximum absolute atomic E-state index is 11.8. The van der Waals surface area contributed by atoms with Gasteiger partial charge in [-0.3, -0.25) is 19.8 Å². The molecular weight excluding hydrogens is 476 g/mol. The molecule has 0 atom stereocenters. The Kier molecular flexibility index (Phi) is 7.29. The van der Waals surface area contributed by atoms with Crippen molar-refractivity contribution >= 4 is 29.0 Å². The first-order valence-corrected chi connectivity index (χ1v) is 12.6. The number of thioether (sulfide) groups is 1. The molecule has 9 heteroatoms. The monoisotopic (exact) mass is 502 g/mol. The fourth-order valence-electron chi connectivity index (χ4n) is 4.18. The zero-order valence-corrected chi connectivity index (χ0v) is 20.7. The molecule has 0 saturated carbocycles. The predicted octanol–water partition coefficient (Wildman–Crippen LogP) is 4.94. The van der Waals surface area contributed by atoms with Crippen LogP contribution in [-0.2, 0) is 11.3 Å². The van der Waals surface area contributed by atoms with Gasteiger partial charge in [-0.25, -0.2) is 9.97 Å². The normalized spacial score (nSPS) is 17.9. The Hall–Kier alpha value is -3.69. The van der Waals surface area contributed by atoms with Gasteiger partial charge in [0.25, 0.3) is 11.1 Å². The third-order valence-electron chi connectivity index (χ3n) is 6.07. The zero-order chi connectivity index (χ0) is 24.9. The number of carbonyl (C=O) groups excluding carboxylic acids is 2. The van der Waals surface area contributed by atoms with E-state index in [1.54, 1.807) is 18.2 Å². The molecule has 2 saturated heterocycles. The molecule has 0 radical (unpaired) electrons. The van der Waals surface area contributed by atoms with E-state index < -0.39 is 5.91 Å².